The van der Waals surface area contributed by atoms with Gasteiger partial charge in [-0.05, 0) is 6.42 Å². The van der Waals surface area contributed by atoms with Crippen LogP contribution in [0.15, 0.2) is 0 Å². The summed E-state index contributed by atoms with van der Waals surface area (Å²) >= 11 is 0. The van der Waals surface area contributed by atoms with Crippen molar-refractivity contribution in [1.82, 2.24) is 0 Å². The monoisotopic (exact) mass is 416 g/mol. The van der Waals surface area contributed by atoms with E-state index in [4.69, 9.17) is 9.47 Å². The number of aliphatic hydroxyl groups is 3. The smallest absolute Gasteiger partial charge is 0.305 e. The first-order chi connectivity index (χ1) is 14.1. The topological polar surface area (TPSA) is 96.2 Å². The zero-order chi connectivity index (χ0) is 21.3. The van der Waals surface area contributed by atoms with Crippen LogP contribution in [0.25, 0.3) is 0 Å². The Morgan fingerprint density at radius 3 is 1.59 bits per heavy atom. The van der Waals surface area contributed by atoms with Gasteiger partial charge >= 0.3 is 5.97 Å². The highest BCUT2D eigenvalue weighted by atomic mass is 16.7. The van der Waals surface area contributed by atoms with Crippen molar-refractivity contribution in [3.8, 4) is 0 Å². The van der Waals surface area contributed by atoms with E-state index >= 15 is 0 Å². The Morgan fingerprint density at radius 2 is 1.17 bits per heavy atom. The zero-order valence-electron chi connectivity index (χ0n) is 18.4. The molecule has 3 N–H and O–H groups in total. The van der Waals surface area contributed by atoms with E-state index in [0.717, 1.165) is 19.3 Å². The minimum Gasteiger partial charge on any atom is -0.463 e. The SMILES string of the molecule is CCCCCCCCCCCCCCCCCC(=O)OC[C@H]1OC(O)[C@H](O)[C@H]1O. The number of hydrogen-bond acceptors (Lipinski definition) is 6. The largest absolute Gasteiger partial charge is 0.463 e. The average molecular weight is 417 g/mol. The maximum atomic E-state index is 11.7. The second kappa shape index (κ2) is 17.0. The molecule has 1 aliphatic rings. The molecule has 0 aromatic carbocycles. The summed E-state index contributed by atoms with van der Waals surface area (Å²) in [5, 5.41) is 28.3. The summed E-state index contributed by atoms with van der Waals surface area (Å²) in [6, 6.07) is 0. The highest BCUT2D eigenvalue weighted by molar-refractivity contribution is 5.69. The molecular weight excluding hydrogens is 372 g/mol. The molecule has 0 amide bonds. The van der Waals surface area contributed by atoms with Crippen molar-refractivity contribution < 1.29 is 29.6 Å². The average Bonchev–Trinajstić information content (AvgIpc) is 2.96. The summed E-state index contributed by atoms with van der Waals surface area (Å²) in [7, 11) is 0. The third-order valence-corrected chi connectivity index (χ3v) is 5.73. The van der Waals surface area contributed by atoms with Gasteiger partial charge < -0.3 is 24.8 Å². The van der Waals surface area contributed by atoms with Crippen LogP contribution in [0.2, 0.25) is 0 Å². The standard InChI is InChI=1S/C23H44O6/c1-2-3-4-5-6-7-8-9-10-11-12-13-14-15-16-17-20(24)28-18-19-21(25)22(26)23(27)29-19/h19,21-23,25-27H,2-18H2,1H3/t19-,21+,22-,23?/m1/s1. The molecule has 29 heavy (non-hydrogen) atoms. The molecule has 1 fully saturated rings. The van der Waals surface area contributed by atoms with Crippen LogP contribution >= 0.6 is 0 Å². The first-order valence-corrected chi connectivity index (χ1v) is 11.9. The lowest BCUT2D eigenvalue weighted by molar-refractivity contribution is -0.157. The first kappa shape index (κ1) is 26.3. The summed E-state index contributed by atoms with van der Waals surface area (Å²) in [5.41, 5.74) is 0. The van der Waals surface area contributed by atoms with Crippen molar-refractivity contribution in [2.45, 2.75) is 134 Å². The summed E-state index contributed by atoms with van der Waals surface area (Å²) in [5.74, 6) is -0.327. The van der Waals surface area contributed by atoms with Gasteiger partial charge in [0.25, 0.3) is 0 Å². The quantitative estimate of drug-likeness (QED) is 0.229. The van der Waals surface area contributed by atoms with E-state index in [1.54, 1.807) is 0 Å². The second-order valence-corrected chi connectivity index (χ2v) is 8.43. The number of ether oxygens (including phenoxy) is 2. The Kier molecular flexibility index (Phi) is 15.5. The molecule has 0 aliphatic carbocycles. The van der Waals surface area contributed by atoms with E-state index in [1.807, 2.05) is 0 Å². The van der Waals surface area contributed by atoms with Gasteiger partial charge in [-0.1, -0.05) is 96.8 Å². The molecule has 1 saturated heterocycles. The van der Waals surface area contributed by atoms with Crippen LogP contribution < -0.4 is 0 Å². The normalized spacial score (nSPS) is 24.1. The van der Waals surface area contributed by atoms with Crippen LogP contribution in [0.5, 0.6) is 0 Å². The Bertz CT molecular complexity index is 403. The lowest BCUT2D eigenvalue weighted by atomic mass is 10.0. The zero-order valence-corrected chi connectivity index (χ0v) is 18.4. The third kappa shape index (κ3) is 12.6. The van der Waals surface area contributed by atoms with Gasteiger partial charge in [0.1, 0.15) is 24.9 Å². The van der Waals surface area contributed by atoms with Crippen molar-refractivity contribution in [2.24, 2.45) is 0 Å². The molecule has 0 radical (unpaired) electrons. The van der Waals surface area contributed by atoms with Gasteiger partial charge in [0.05, 0.1) is 0 Å². The van der Waals surface area contributed by atoms with Gasteiger partial charge in [0, 0.05) is 6.42 Å². The van der Waals surface area contributed by atoms with Gasteiger partial charge in [0.15, 0.2) is 6.29 Å². The summed E-state index contributed by atoms with van der Waals surface area (Å²) in [6.07, 6.45) is 14.7. The van der Waals surface area contributed by atoms with E-state index in [9.17, 15) is 20.1 Å². The van der Waals surface area contributed by atoms with Crippen molar-refractivity contribution in [3.05, 3.63) is 0 Å². The molecule has 1 heterocycles. The molecule has 172 valence electrons. The highest BCUT2D eigenvalue weighted by Crippen LogP contribution is 2.20. The molecule has 1 aliphatic heterocycles. The van der Waals surface area contributed by atoms with Crippen molar-refractivity contribution in [2.75, 3.05) is 6.61 Å². The number of carbonyl (C=O) groups excluding carboxylic acids is 1. The fourth-order valence-corrected chi connectivity index (χ4v) is 3.75. The number of unbranched alkanes of at least 4 members (excludes halogenated alkanes) is 14. The van der Waals surface area contributed by atoms with E-state index in [-0.39, 0.29) is 12.6 Å². The molecule has 0 aromatic heterocycles. The minimum absolute atomic E-state index is 0.146. The summed E-state index contributed by atoms with van der Waals surface area (Å²) in [6.45, 7) is 2.11. The van der Waals surface area contributed by atoms with E-state index in [0.29, 0.717) is 6.42 Å². The molecule has 1 unspecified atom stereocenters. The highest BCUT2D eigenvalue weighted by Gasteiger charge is 2.42. The lowest BCUT2D eigenvalue weighted by Crippen LogP contribution is -2.34. The molecule has 6 nitrogen and oxygen atoms in total. The molecule has 4 atom stereocenters. The molecule has 0 spiro atoms. The van der Waals surface area contributed by atoms with Crippen LogP contribution in [0.4, 0.5) is 0 Å². The molecule has 1 rings (SSSR count). The predicted molar refractivity (Wildman–Crippen MR) is 113 cm³/mol. The van der Waals surface area contributed by atoms with E-state index < -0.39 is 24.6 Å². The number of carbonyl (C=O) groups is 1. The maximum Gasteiger partial charge on any atom is 0.305 e. The van der Waals surface area contributed by atoms with Crippen molar-refractivity contribution >= 4 is 5.97 Å². The predicted octanol–water partition coefficient (Wildman–Crippen LogP) is 4.23. The maximum absolute atomic E-state index is 11.7. The Balaban J connectivity index is 1.81. The second-order valence-electron chi connectivity index (χ2n) is 8.43. The first-order valence-electron chi connectivity index (χ1n) is 11.9. The van der Waals surface area contributed by atoms with Gasteiger partial charge in [0.2, 0.25) is 0 Å². The molecule has 0 aromatic rings. The molecule has 0 saturated carbocycles. The van der Waals surface area contributed by atoms with Crippen LogP contribution in [-0.4, -0.2) is 52.5 Å². The van der Waals surface area contributed by atoms with Gasteiger partial charge in [-0.15, -0.1) is 0 Å². The number of aliphatic hydroxyl groups excluding tert-OH is 3. The Morgan fingerprint density at radius 1 is 0.724 bits per heavy atom. The number of hydrogen-bond donors (Lipinski definition) is 3. The third-order valence-electron chi connectivity index (χ3n) is 5.73. The van der Waals surface area contributed by atoms with Crippen LogP contribution in [-0.2, 0) is 14.3 Å². The Hall–Kier alpha value is -0.690. The van der Waals surface area contributed by atoms with Gasteiger partial charge in [-0.2, -0.15) is 0 Å². The Labute approximate surface area is 177 Å². The number of rotatable bonds is 18. The lowest BCUT2D eigenvalue weighted by Gasteiger charge is -2.14. The molecule has 6 heteroatoms. The van der Waals surface area contributed by atoms with Gasteiger partial charge in [-0.25, -0.2) is 0 Å². The fraction of sp³-hybridized carbons (Fsp3) is 0.957. The van der Waals surface area contributed by atoms with E-state index in [1.165, 1.54) is 77.0 Å². The summed E-state index contributed by atoms with van der Waals surface area (Å²) in [4.78, 5) is 11.7. The van der Waals surface area contributed by atoms with Crippen molar-refractivity contribution in [1.29, 1.82) is 0 Å². The molecular formula is C23H44O6. The van der Waals surface area contributed by atoms with Crippen LogP contribution in [0.3, 0.4) is 0 Å². The van der Waals surface area contributed by atoms with E-state index in [2.05, 4.69) is 6.92 Å². The van der Waals surface area contributed by atoms with Crippen LogP contribution in [0.1, 0.15) is 110 Å². The van der Waals surface area contributed by atoms with Crippen LogP contribution in [0, 0.1) is 0 Å². The van der Waals surface area contributed by atoms with Gasteiger partial charge in [-0.3, -0.25) is 4.79 Å². The summed E-state index contributed by atoms with van der Waals surface area (Å²) < 4.78 is 10.0. The minimum atomic E-state index is -1.43. The number of esters is 1. The fourth-order valence-electron chi connectivity index (χ4n) is 3.75. The van der Waals surface area contributed by atoms with Crippen molar-refractivity contribution in [3.63, 3.8) is 0 Å². The molecule has 0 bridgehead atoms.